The molecule has 98 valence electrons. The summed E-state index contributed by atoms with van der Waals surface area (Å²) >= 11 is 0. The van der Waals surface area contributed by atoms with Gasteiger partial charge in [0.2, 0.25) is 0 Å². The Morgan fingerprint density at radius 2 is 2.39 bits per heavy atom. The van der Waals surface area contributed by atoms with Crippen molar-refractivity contribution in [1.82, 2.24) is 0 Å². The van der Waals surface area contributed by atoms with Crippen LogP contribution < -0.4 is 4.74 Å². The molecular weight excluding hydrogens is 239 g/mol. The second kappa shape index (κ2) is 5.82. The van der Waals surface area contributed by atoms with Crippen molar-refractivity contribution in [2.75, 3.05) is 13.2 Å². The van der Waals surface area contributed by atoms with E-state index in [1.807, 2.05) is 0 Å². The lowest BCUT2D eigenvalue weighted by atomic mass is 10.2. The molecule has 0 aliphatic carbocycles. The van der Waals surface area contributed by atoms with E-state index in [4.69, 9.17) is 14.6 Å². The lowest BCUT2D eigenvalue weighted by Crippen LogP contribution is -2.12. The summed E-state index contributed by atoms with van der Waals surface area (Å²) in [5.74, 6) is -1.56. The van der Waals surface area contributed by atoms with Crippen molar-refractivity contribution in [2.45, 2.75) is 25.4 Å². The standard InChI is InChI=1S/C13H15FO4/c14-9-3-4-11(13(15)16)12(8-9)18-7-5-10-2-1-6-17-10/h3-4,8,10H,1-2,5-7H2,(H,15,16). The van der Waals surface area contributed by atoms with Crippen LogP contribution in [-0.4, -0.2) is 30.4 Å². The molecular formula is C13H15FO4. The first kappa shape index (κ1) is 12.8. The van der Waals surface area contributed by atoms with Crippen molar-refractivity contribution in [3.05, 3.63) is 29.6 Å². The maximum Gasteiger partial charge on any atom is 0.339 e. The minimum absolute atomic E-state index is 0.0243. The second-order valence-electron chi connectivity index (χ2n) is 4.22. The first-order valence-electron chi connectivity index (χ1n) is 5.94. The highest BCUT2D eigenvalue weighted by atomic mass is 19.1. The minimum Gasteiger partial charge on any atom is -0.492 e. The van der Waals surface area contributed by atoms with Gasteiger partial charge in [-0.3, -0.25) is 0 Å². The first-order valence-corrected chi connectivity index (χ1v) is 5.94. The summed E-state index contributed by atoms with van der Waals surface area (Å²) in [6.07, 6.45) is 2.91. The van der Waals surface area contributed by atoms with Crippen LogP contribution in [0.5, 0.6) is 5.75 Å². The van der Waals surface area contributed by atoms with Crippen molar-refractivity contribution in [3.8, 4) is 5.75 Å². The van der Waals surface area contributed by atoms with Gasteiger partial charge in [0, 0.05) is 19.1 Å². The second-order valence-corrected chi connectivity index (χ2v) is 4.22. The number of hydrogen-bond donors (Lipinski definition) is 1. The van der Waals surface area contributed by atoms with Gasteiger partial charge in [-0.2, -0.15) is 0 Å². The highest BCUT2D eigenvalue weighted by Gasteiger charge is 2.16. The Labute approximate surface area is 104 Å². The fraction of sp³-hybridized carbons (Fsp3) is 0.462. The van der Waals surface area contributed by atoms with Crippen molar-refractivity contribution in [2.24, 2.45) is 0 Å². The summed E-state index contributed by atoms with van der Waals surface area (Å²) < 4.78 is 23.8. The molecule has 18 heavy (non-hydrogen) atoms. The predicted molar refractivity (Wildman–Crippen MR) is 62.4 cm³/mol. The number of ether oxygens (including phenoxy) is 2. The van der Waals surface area contributed by atoms with Crippen molar-refractivity contribution in [1.29, 1.82) is 0 Å². The molecule has 1 fully saturated rings. The third-order valence-corrected chi connectivity index (χ3v) is 2.90. The van der Waals surface area contributed by atoms with Gasteiger partial charge < -0.3 is 14.6 Å². The summed E-state index contributed by atoms with van der Waals surface area (Å²) in [4.78, 5) is 10.9. The molecule has 1 unspecified atom stereocenters. The number of carboxylic acids is 1. The summed E-state index contributed by atoms with van der Waals surface area (Å²) in [5, 5.41) is 8.94. The molecule has 2 rings (SSSR count). The monoisotopic (exact) mass is 254 g/mol. The quantitative estimate of drug-likeness (QED) is 0.877. The third kappa shape index (κ3) is 3.20. The smallest absolute Gasteiger partial charge is 0.339 e. The summed E-state index contributed by atoms with van der Waals surface area (Å²) in [7, 11) is 0. The zero-order valence-corrected chi connectivity index (χ0v) is 9.89. The number of halogens is 1. The molecule has 1 aromatic carbocycles. The SMILES string of the molecule is O=C(O)c1ccc(F)cc1OCCC1CCCO1. The highest BCUT2D eigenvalue weighted by molar-refractivity contribution is 5.90. The largest absolute Gasteiger partial charge is 0.492 e. The number of benzene rings is 1. The number of carboxylic acid groups (broad SMARTS) is 1. The van der Waals surface area contributed by atoms with E-state index in [1.165, 1.54) is 6.07 Å². The van der Waals surface area contributed by atoms with Crippen molar-refractivity contribution in [3.63, 3.8) is 0 Å². The zero-order valence-electron chi connectivity index (χ0n) is 9.89. The molecule has 0 spiro atoms. The van der Waals surface area contributed by atoms with E-state index in [-0.39, 0.29) is 17.4 Å². The Kier molecular flexibility index (Phi) is 4.15. The normalized spacial score (nSPS) is 18.8. The van der Waals surface area contributed by atoms with E-state index in [9.17, 15) is 9.18 Å². The average Bonchev–Trinajstić information content (AvgIpc) is 2.82. The maximum absolute atomic E-state index is 13.0. The van der Waals surface area contributed by atoms with Crippen LogP contribution in [0.3, 0.4) is 0 Å². The van der Waals surface area contributed by atoms with Gasteiger partial charge in [-0.25, -0.2) is 9.18 Å². The summed E-state index contributed by atoms with van der Waals surface area (Å²) in [6.45, 7) is 1.10. The first-order chi connectivity index (χ1) is 8.66. The van der Waals surface area contributed by atoms with E-state index < -0.39 is 11.8 Å². The lowest BCUT2D eigenvalue weighted by molar-refractivity contribution is 0.0689. The molecule has 1 saturated heterocycles. The van der Waals surface area contributed by atoms with Crippen LogP contribution in [0.2, 0.25) is 0 Å². The topological polar surface area (TPSA) is 55.8 Å². The molecule has 0 saturated carbocycles. The van der Waals surface area contributed by atoms with Gasteiger partial charge in [-0.1, -0.05) is 0 Å². The van der Waals surface area contributed by atoms with Gasteiger partial charge >= 0.3 is 5.97 Å². The van der Waals surface area contributed by atoms with Gasteiger partial charge in [0.15, 0.2) is 0 Å². The molecule has 1 atom stereocenters. The van der Waals surface area contributed by atoms with Crippen LogP contribution in [-0.2, 0) is 4.74 Å². The van der Waals surface area contributed by atoms with Crippen LogP contribution in [0.4, 0.5) is 4.39 Å². The Bertz CT molecular complexity index is 427. The number of hydrogen-bond acceptors (Lipinski definition) is 3. The Hall–Kier alpha value is -1.62. The maximum atomic E-state index is 13.0. The van der Waals surface area contributed by atoms with E-state index in [0.717, 1.165) is 31.6 Å². The summed E-state index contributed by atoms with van der Waals surface area (Å²) in [5.41, 5.74) is -0.0243. The molecule has 1 aliphatic heterocycles. The van der Waals surface area contributed by atoms with Crippen LogP contribution in [0, 0.1) is 5.82 Å². The van der Waals surface area contributed by atoms with Crippen molar-refractivity contribution >= 4 is 5.97 Å². The van der Waals surface area contributed by atoms with Crippen LogP contribution in [0.25, 0.3) is 0 Å². The Balaban J connectivity index is 1.94. The molecule has 0 bridgehead atoms. The van der Waals surface area contributed by atoms with Gasteiger partial charge in [0.25, 0.3) is 0 Å². The van der Waals surface area contributed by atoms with Crippen molar-refractivity contribution < 1.29 is 23.8 Å². The van der Waals surface area contributed by atoms with Crippen LogP contribution in [0.15, 0.2) is 18.2 Å². The summed E-state index contributed by atoms with van der Waals surface area (Å²) in [6, 6.07) is 3.41. The predicted octanol–water partition coefficient (Wildman–Crippen LogP) is 2.47. The Morgan fingerprint density at radius 3 is 3.06 bits per heavy atom. The lowest BCUT2D eigenvalue weighted by Gasteiger charge is -2.12. The average molecular weight is 254 g/mol. The number of rotatable bonds is 5. The molecule has 1 aromatic rings. The van der Waals surface area contributed by atoms with Crippen LogP contribution in [0.1, 0.15) is 29.6 Å². The zero-order chi connectivity index (χ0) is 13.0. The van der Waals surface area contributed by atoms with E-state index in [2.05, 4.69) is 0 Å². The third-order valence-electron chi connectivity index (χ3n) is 2.90. The molecule has 1 heterocycles. The molecule has 5 heteroatoms. The van der Waals surface area contributed by atoms with Gasteiger partial charge in [0.1, 0.15) is 17.1 Å². The van der Waals surface area contributed by atoms with Crippen LogP contribution >= 0.6 is 0 Å². The fourth-order valence-electron chi connectivity index (χ4n) is 1.96. The Morgan fingerprint density at radius 1 is 1.56 bits per heavy atom. The molecule has 0 amide bonds. The van der Waals surface area contributed by atoms with E-state index in [0.29, 0.717) is 13.0 Å². The molecule has 1 N–H and O–H groups in total. The molecule has 0 radical (unpaired) electrons. The van der Waals surface area contributed by atoms with E-state index in [1.54, 1.807) is 0 Å². The molecule has 1 aliphatic rings. The highest BCUT2D eigenvalue weighted by Crippen LogP contribution is 2.21. The minimum atomic E-state index is -1.12. The molecule has 4 nitrogen and oxygen atoms in total. The number of aromatic carboxylic acids is 1. The fourth-order valence-corrected chi connectivity index (χ4v) is 1.96. The molecule has 0 aromatic heterocycles. The number of carbonyl (C=O) groups is 1. The van der Waals surface area contributed by atoms with Gasteiger partial charge in [0.05, 0.1) is 12.7 Å². The van der Waals surface area contributed by atoms with Gasteiger partial charge in [-0.05, 0) is 25.0 Å². The van der Waals surface area contributed by atoms with Gasteiger partial charge in [-0.15, -0.1) is 0 Å². The van der Waals surface area contributed by atoms with E-state index >= 15 is 0 Å².